The maximum absolute atomic E-state index is 11.2. The summed E-state index contributed by atoms with van der Waals surface area (Å²) in [4.78, 5) is 0. The number of ether oxygens (including phenoxy) is 1. The molecule has 1 heterocycles. The van der Waals surface area contributed by atoms with E-state index < -0.39 is 10.0 Å². The Morgan fingerprint density at radius 1 is 1.50 bits per heavy atom. The van der Waals surface area contributed by atoms with Crippen LogP contribution in [0, 0.1) is 0 Å². The normalized spacial score (nSPS) is 28.3. The third-order valence-corrected chi connectivity index (χ3v) is 3.15. The van der Waals surface area contributed by atoms with E-state index in [2.05, 4.69) is 0 Å². The minimum atomic E-state index is -3.03. The van der Waals surface area contributed by atoms with Gasteiger partial charge in [0.05, 0.1) is 12.4 Å². The monoisotopic (exact) mass is 193 g/mol. The Bertz CT molecular complexity index is 237. The van der Waals surface area contributed by atoms with E-state index in [1.54, 1.807) is 0 Å². The highest BCUT2D eigenvalue weighted by atomic mass is 32.2. The Labute approximate surface area is 73.6 Å². The van der Waals surface area contributed by atoms with Crippen LogP contribution >= 0.6 is 0 Å². The van der Waals surface area contributed by atoms with Crippen molar-refractivity contribution in [3.63, 3.8) is 0 Å². The Morgan fingerprint density at radius 2 is 2.17 bits per heavy atom. The molecule has 1 saturated heterocycles. The summed E-state index contributed by atoms with van der Waals surface area (Å²) in [5.41, 5.74) is 0. The summed E-state index contributed by atoms with van der Waals surface area (Å²) in [7, 11) is -3.03. The fourth-order valence-electron chi connectivity index (χ4n) is 1.26. The molecule has 0 aromatic carbocycles. The molecular formula is C7H15NO3S. The summed E-state index contributed by atoms with van der Waals surface area (Å²) in [6, 6.07) is 0. The van der Waals surface area contributed by atoms with Crippen LogP contribution in [0.5, 0.6) is 0 Å². The number of hydrogen-bond donors (Lipinski definition) is 0. The van der Waals surface area contributed by atoms with Gasteiger partial charge in [-0.2, -0.15) is 4.31 Å². The molecule has 0 aromatic heterocycles. The Kier molecular flexibility index (Phi) is 3.09. The van der Waals surface area contributed by atoms with Crippen LogP contribution in [-0.2, 0) is 14.8 Å². The Balaban J connectivity index is 2.65. The van der Waals surface area contributed by atoms with E-state index in [0.717, 1.165) is 6.42 Å². The predicted molar refractivity (Wildman–Crippen MR) is 46.4 cm³/mol. The average Bonchev–Trinajstić information content (AvgIpc) is 2.11. The molecule has 0 amide bonds. The van der Waals surface area contributed by atoms with Crippen LogP contribution in [0.4, 0.5) is 0 Å². The molecule has 1 rings (SSSR count). The van der Waals surface area contributed by atoms with Gasteiger partial charge in [-0.1, -0.05) is 0 Å². The van der Waals surface area contributed by atoms with Crippen LogP contribution < -0.4 is 0 Å². The van der Waals surface area contributed by atoms with E-state index in [4.69, 9.17) is 4.74 Å². The Hall–Kier alpha value is -0.130. The molecule has 12 heavy (non-hydrogen) atoms. The molecule has 0 aromatic rings. The second kappa shape index (κ2) is 3.72. The van der Waals surface area contributed by atoms with Crippen LogP contribution in [0.1, 0.15) is 13.3 Å². The van der Waals surface area contributed by atoms with E-state index in [0.29, 0.717) is 19.7 Å². The van der Waals surface area contributed by atoms with Crippen LogP contribution in [0.15, 0.2) is 0 Å². The van der Waals surface area contributed by atoms with E-state index >= 15 is 0 Å². The minimum absolute atomic E-state index is 0.0159. The molecule has 0 radical (unpaired) electrons. The zero-order chi connectivity index (χ0) is 9.19. The van der Waals surface area contributed by atoms with Crippen molar-refractivity contribution in [3.05, 3.63) is 0 Å². The summed E-state index contributed by atoms with van der Waals surface area (Å²) in [6.07, 6.45) is 2.05. The van der Waals surface area contributed by atoms with Crippen molar-refractivity contribution < 1.29 is 13.2 Å². The number of sulfonamides is 1. The summed E-state index contributed by atoms with van der Waals surface area (Å²) in [6.45, 7) is 3.62. The van der Waals surface area contributed by atoms with Gasteiger partial charge in [-0.3, -0.25) is 0 Å². The van der Waals surface area contributed by atoms with Gasteiger partial charge in [0.15, 0.2) is 0 Å². The second-order valence-corrected chi connectivity index (χ2v) is 5.14. The molecule has 1 unspecified atom stereocenters. The molecule has 0 spiro atoms. The van der Waals surface area contributed by atoms with E-state index in [-0.39, 0.29) is 6.10 Å². The maximum atomic E-state index is 11.2. The first kappa shape index (κ1) is 9.95. The van der Waals surface area contributed by atoms with Crippen molar-refractivity contribution in [1.29, 1.82) is 0 Å². The molecule has 1 fully saturated rings. The molecule has 4 nitrogen and oxygen atoms in total. The predicted octanol–water partition coefficient (Wildman–Crippen LogP) is 0.0568. The number of hydrogen-bond acceptors (Lipinski definition) is 3. The minimum Gasteiger partial charge on any atom is -0.377 e. The van der Waals surface area contributed by atoms with Crippen molar-refractivity contribution in [2.45, 2.75) is 19.4 Å². The number of rotatable bonds is 1. The van der Waals surface area contributed by atoms with Crippen molar-refractivity contribution in [2.75, 3.05) is 26.0 Å². The fraction of sp³-hybridized carbons (Fsp3) is 1.00. The van der Waals surface area contributed by atoms with Crippen LogP contribution in [0.3, 0.4) is 0 Å². The quantitative estimate of drug-likeness (QED) is 0.591. The highest BCUT2D eigenvalue weighted by Gasteiger charge is 2.21. The molecule has 0 saturated carbocycles. The van der Waals surface area contributed by atoms with Gasteiger partial charge in [0.2, 0.25) is 10.0 Å². The largest absolute Gasteiger partial charge is 0.377 e. The topological polar surface area (TPSA) is 46.6 Å². The van der Waals surface area contributed by atoms with Gasteiger partial charge >= 0.3 is 0 Å². The maximum Gasteiger partial charge on any atom is 0.211 e. The van der Waals surface area contributed by atoms with Crippen LogP contribution in [0.25, 0.3) is 0 Å². The van der Waals surface area contributed by atoms with Crippen molar-refractivity contribution in [3.8, 4) is 0 Å². The standard InChI is InChI=1S/C7H15NO3S/c1-7-6-8(12(2,9)10)4-3-5-11-7/h7H,3-6H2,1-2H3. The first-order valence-electron chi connectivity index (χ1n) is 4.07. The second-order valence-electron chi connectivity index (χ2n) is 3.16. The zero-order valence-electron chi connectivity index (χ0n) is 7.49. The zero-order valence-corrected chi connectivity index (χ0v) is 8.30. The molecule has 1 atom stereocenters. The van der Waals surface area contributed by atoms with Crippen LogP contribution in [-0.4, -0.2) is 44.8 Å². The van der Waals surface area contributed by atoms with Gasteiger partial charge < -0.3 is 4.74 Å². The first-order valence-corrected chi connectivity index (χ1v) is 5.91. The third kappa shape index (κ3) is 2.73. The molecule has 0 N–H and O–H groups in total. The van der Waals surface area contributed by atoms with Gasteiger partial charge in [0, 0.05) is 19.7 Å². The van der Waals surface area contributed by atoms with Crippen molar-refractivity contribution in [2.24, 2.45) is 0 Å². The summed E-state index contributed by atoms with van der Waals surface area (Å²) in [5, 5.41) is 0. The summed E-state index contributed by atoms with van der Waals surface area (Å²) < 4.78 is 29.1. The lowest BCUT2D eigenvalue weighted by atomic mass is 10.4. The first-order chi connectivity index (χ1) is 5.50. The van der Waals surface area contributed by atoms with E-state index in [1.807, 2.05) is 6.92 Å². The van der Waals surface area contributed by atoms with Crippen molar-refractivity contribution in [1.82, 2.24) is 4.31 Å². The molecule has 0 bridgehead atoms. The van der Waals surface area contributed by atoms with Gasteiger partial charge in [0.25, 0.3) is 0 Å². The fourth-order valence-corrected chi connectivity index (χ4v) is 2.20. The Morgan fingerprint density at radius 3 is 2.75 bits per heavy atom. The molecule has 5 heteroatoms. The summed E-state index contributed by atoms with van der Waals surface area (Å²) >= 11 is 0. The molecule has 1 aliphatic rings. The smallest absolute Gasteiger partial charge is 0.211 e. The van der Waals surface area contributed by atoms with Gasteiger partial charge in [-0.05, 0) is 13.3 Å². The van der Waals surface area contributed by atoms with Crippen LogP contribution in [0.2, 0.25) is 0 Å². The number of nitrogens with zero attached hydrogens (tertiary/aromatic N) is 1. The molecular weight excluding hydrogens is 178 g/mol. The SMILES string of the molecule is CC1CN(S(C)(=O)=O)CCCO1. The average molecular weight is 193 g/mol. The lowest BCUT2D eigenvalue weighted by Gasteiger charge is -2.18. The highest BCUT2D eigenvalue weighted by molar-refractivity contribution is 7.88. The van der Waals surface area contributed by atoms with Gasteiger partial charge in [-0.25, -0.2) is 8.42 Å². The molecule has 72 valence electrons. The van der Waals surface area contributed by atoms with E-state index in [9.17, 15) is 8.42 Å². The highest BCUT2D eigenvalue weighted by Crippen LogP contribution is 2.08. The van der Waals surface area contributed by atoms with Crippen molar-refractivity contribution >= 4 is 10.0 Å². The van der Waals surface area contributed by atoms with E-state index in [1.165, 1.54) is 10.6 Å². The van der Waals surface area contributed by atoms with Gasteiger partial charge in [0.1, 0.15) is 0 Å². The molecule has 0 aliphatic carbocycles. The lowest BCUT2D eigenvalue weighted by Crippen LogP contribution is -2.34. The third-order valence-electron chi connectivity index (χ3n) is 1.88. The van der Waals surface area contributed by atoms with Gasteiger partial charge in [-0.15, -0.1) is 0 Å². The lowest BCUT2D eigenvalue weighted by molar-refractivity contribution is 0.0752. The summed E-state index contributed by atoms with van der Waals surface area (Å²) in [5.74, 6) is 0. The molecule has 1 aliphatic heterocycles.